The SMILES string of the molecule is COc1ccc(C(=O)NCCn2nc(C)c([N+](=O)[O-])c2C)c(OC)c1. The molecule has 2 rings (SSSR count). The second-order valence-corrected chi connectivity index (χ2v) is 5.32. The number of nitro groups is 1. The number of hydrogen-bond donors (Lipinski definition) is 1. The summed E-state index contributed by atoms with van der Waals surface area (Å²) in [6.45, 7) is 3.81. The zero-order chi connectivity index (χ0) is 18.6. The maximum atomic E-state index is 12.3. The molecule has 0 saturated carbocycles. The first kappa shape index (κ1) is 18.2. The molecule has 0 saturated heterocycles. The normalized spacial score (nSPS) is 10.4. The van der Waals surface area contributed by atoms with E-state index in [2.05, 4.69) is 10.4 Å². The highest BCUT2D eigenvalue weighted by molar-refractivity contribution is 5.97. The largest absolute Gasteiger partial charge is 0.497 e. The lowest BCUT2D eigenvalue weighted by molar-refractivity contribution is -0.386. The van der Waals surface area contributed by atoms with Crippen LogP contribution in [0.25, 0.3) is 0 Å². The highest BCUT2D eigenvalue weighted by Gasteiger charge is 2.21. The van der Waals surface area contributed by atoms with Crippen LogP contribution in [0.4, 0.5) is 5.69 Å². The van der Waals surface area contributed by atoms with Crippen molar-refractivity contribution < 1.29 is 19.2 Å². The number of hydrogen-bond acceptors (Lipinski definition) is 6. The molecule has 9 heteroatoms. The van der Waals surface area contributed by atoms with E-state index in [4.69, 9.17) is 9.47 Å². The third-order valence-electron chi connectivity index (χ3n) is 3.79. The van der Waals surface area contributed by atoms with Crippen LogP contribution in [-0.4, -0.2) is 41.4 Å². The van der Waals surface area contributed by atoms with E-state index in [1.165, 1.54) is 18.9 Å². The van der Waals surface area contributed by atoms with Crippen molar-refractivity contribution in [3.8, 4) is 11.5 Å². The fraction of sp³-hybridized carbons (Fsp3) is 0.375. The summed E-state index contributed by atoms with van der Waals surface area (Å²) in [5.41, 5.74) is 1.19. The van der Waals surface area contributed by atoms with Crippen molar-refractivity contribution in [2.45, 2.75) is 20.4 Å². The van der Waals surface area contributed by atoms with Crippen molar-refractivity contribution in [1.29, 1.82) is 0 Å². The summed E-state index contributed by atoms with van der Waals surface area (Å²) < 4.78 is 11.8. The predicted molar refractivity (Wildman–Crippen MR) is 90.2 cm³/mol. The third-order valence-corrected chi connectivity index (χ3v) is 3.79. The number of amides is 1. The molecule has 0 bridgehead atoms. The van der Waals surface area contributed by atoms with Gasteiger partial charge in [-0.3, -0.25) is 19.6 Å². The zero-order valence-corrected chi connectivity index (χ0v) is 14.5. The lowest BCUT2D eigenvalue weighted by Gasteiger charge is -2.11. The molecule has 0 spiro atoms. The van der Waals surface area contributed by atoms with Crippen LogP contribution < -0.4 is 14.8 Å². The maximum absolute atomic E-state index is 12.3. The summed E-state index contributed by atoms with van der Waals surface area (Å²) >= 11 is 0. The highest BCUT2D eigenvalue weighted by atomic mass is 16.6. The Morgan fingerprint density at radius 2 is 2.04 bits per heavy atom. The molecule has 9 nitrogen and oxygen atoms in total. The Bertz CT molecular complexity index is 800. The summed E-state index contributed by atoms with van der Waals surface area (Å²) in [5.74, 6) is 0.678. The lowest BCUT2D eigenvalue weighted by Crippen LogP contribution is -2.28. The predicted octanol–water partition coefficient (Wildman–Crippen LogP) is 1.86. The Hall–Kier alpha value is -3.10. The molecule has 0 fully saturated rings. The topological polar surface area (TPSA) is 109 Å². The number of aromatic nitrogens is 2. The van der Waals surface area contributed by atoms with E-state index in [-0.39, 0.29) is 18.1 Å². The first-order chi connectivity index (χ1) is 11.9. The van der Waals surface area contributed by atoms with Gasteiger partial charge in [0.15, 0.2) is 0 Å². The van der Waals surface area contributed by atoms with Crippen LogP contribution in [0.1, 0.15) is 21.7 Å². The van der Waals surface area contributed by atoms with Crippen LogP contribution in [0, 0.1) is 24.0 Å². The Labute approximate surface area is 144 Å². The van der Waals surface area contributed by atoms with E-state index in [0.717, 1.165) is 0 Å². The van der Waals surface area contributed by atoms with Gasteiger partial charge in [0, 0.05) is 12.6 Å². The lowest BCUT2D eigenvalue weighted by atomic mass is 10.1. The Morgan fingerprint density at radius 3 is 2.60 bits per heavy atom. The van der Waals surface area contributed by atoms with E-state index in [0.29, 0.717) is 35.0 Å². The molecule has 2 aromatic rings. The van der Waals surface area contributed by atoms with Gasteiger partial charge in [0.1, 0.15) is 22.9 Å². The molecule has 134 valence electrons. The molecule has 0 radical (unpaired) electrons. The molecule has 25 heavy (non-hydrogen) atoms. The number of aryl methyl sites for hydroxylation is 1. The minimum Gasteiger partial charge on any atom is -0.497 e. The molecule has 1 heterocycles. The summed E-state index contributed by atoms with van der Waals surface area (Å²) in [6.07, 6.45) is 0. The molecular weight excluding hydrogens is 328 g/mol. The number of rotatable bonds is 7. The number of benzene rings is 1. The number of methoxy groups -OCH3 is 2. The fourth-order valence-electron chi connectivity index (χ4n) is 2.53. The average molecular weight is 348 g/mol. The van der Waals surface area contributed by atoms with Crippen molar-refractivity contribution in [3.63, 3.8) is 0 Å². The smallest absolute Gasteiger partial charge is 0.312 e. The van der Waals surface area contributed by atoms with Crippen LogP contribution in [0.2, 0.25) is 0 Å². The molecule has 0 atom stereocenters. The number of carbonyl (C=O) groups is 1. The monoisotopic (exact) mass is 348 g/mol. The molecule has 1 N–H and O–H groups in total. The summed E-state index contributed by atoms with van der Waals surface area (Å²) in [6, 6.07) is 4.90. The van der Waals surface area contributed by atoms with Crippen LogP contribution in [-0.2, 0) is 6.54 Å². The maximum Gasteiger partial charge on any atom is 0.312 e. The molecular formula is C16H20N4O5. The van der Waals surface area contributed by atoms with Gasteiger partial charge in [-0.25, -0.2) is 0 Å². The molecule has 0 aliphatic heterocycles. The van der Waals surface area contributed by atoms with Gasteiger partial charge in [0.05, 0.1) is 31.3 Å². The van der Waals surface area contributed by atoms with Gasteiger partial charge in [-0.2, -0.15) is 5.10 Å². The molecule has 0 unspecified atom stereocenters. The summed E-state index contributed by atoms with van der Waals surface area (Å²) in [7, 11) is 3.00. The minimum atomic E-state index is -0.449. The molecule has 1 aromatic carbocycles. The van der Waals surface area contributed by atoms with E-state index in [1.807, 2.05) is 0 Å². The highest BCUT2D eigenvalue weighted by Crippen LogP contribution is 2.24. The van der Waals surface area contributed by atoms with Gasteiger partial charge in [-0.15, -0.1) is 0 Å². The van der Waals surface area contributed by atoms with Crippen LogP contribution in [0.5, 0.6) is 11.5 Å². The summed E-state index contributed by atoms with van der Waals surface area (Å²) in [5, 5.41) is 17.9. The number of nitrogens with one attached hydrogen (secondary N) is 1. The molecule has 0 aliphatic carbocycles. The van der Waals surface area contributed by atoms with Crippen LogP contribution >= 0.6 is 0 Å². The standard InChI is InChI=1S/C16H20N4O5/c1-10-15(20(22)23)11(2)19(18-10)8-7-17-16(21)13-6-5-12(24-3)9-14(13)25-4/h5-6,9H,7-8H2,1-4H3,(H,17,21). The Morgan fingerprint density at radius 1 is 1.32 bits per heavy atom. The zero-order valence-electron chi connectivity index (χ0n) is 14.5. The fourth-order valence-corrected chi connectivity index (χ4v) is 2.53. The van der Waals surface area contributed by atoms with Gasteiger partial charge >= 0.3 is 5.69 Å². The van der Waals surface area contributed by atoms with Gasteiger partial charge in [-0.1, -0.05) is 0 Å². The first-order valence-electron chi connectivity index (χ1n) is 7.57. The minimum absolute atomic E-state index is 0.00292. The van der Waals surface area contributed by atoms with Crippen molar-refractivity contribution in [1.82, 2.24) is 15.1 Å². The first-order valence-corrected chi connectivity index (χ1v) is 7.57. The van der Waals surface area contributed by atoms with Crippen molar-refractivity contribution in [2.75, 3.05) is 20.8 Å². The number of ether oxygens (including phenoxy) is 2. The quantitative estimate of drug-likeness (QED) is 0.604. The number of nitrogens with zero attached hydrogens (tertiary/aromatic N) is 3. The van der Waals surface area contributed by atoms with Crippen LogP contribution in [0.15, 0.2) is 18.2 Å². The number of carbonyl (C=O) groups excluding carboxylic acids is 1. The van der Waals surface area contributed by atoms with Gasteiger partial charge in [-0.05, 0) is 26.0 Å². The van der Waals surface area contributed by atoms with Gasteiger partial charge in [0.25, 0.3) is 5.91 Å². The van der Waals surface area contributed by atoms with Crippen LogP contribution in [0.3, 0.4) is 0 Å². The van der Waals surface area contributed by atoms with E-state index in [9.17, 15) is 14.9 Å². The van der Waals surface area contributed by atoms with E-state index in [1.54, 1.807) is 32.0 Å². The van der Waals surface area contributed by atoms with Gasteiger partial charge < -0.3 is 14.8 Å². The van der Waals surface area contributed by atoms with Crippen molar-refractivity contribution >= 4 is 11.6 Å². The molecule has 1 aromatic heterocycles. The second-order valence-electron chi connectivity index (χ2n) is 5.32. The van der Waals surface area contributed by atoms with Gasteiger partial charge in [0.2, 0.25) is 0 Å². The average Bonchev–Trinajstić information content (AvgIpc) is 2.87. The molecule has 0 aliphatic rings. The Kier molecular flexibility index (Phi) is 5.58. The summed E-state index contributed by atoms with van der Waals surface area (Å²) in [4.78, 5) is 22.9. The van der Waals surface area contributed by atoms with E-state index < -0.39 is 4.92 Å². The van der Waals surface area contributed by atoms with E-state index >= 15 is 0 Å². The van der Waals surface area contributed by atoms with Crippen molar-refractivity contribution in [2.24, 2.45) is 0 Å². The third kappa shape index (κ3) is 3.87. The second kappa shape index (κ2) is 7.65. The van der Waals surface area contributed by atoms with Crippen molar-refractivity contribution in [3.05, 3.63) is 45.3 Å². The molecule has 1 amide bonds. The Balaban J connectivity index is 2.04.